The van der Waals surface area contributed by atoms with Crippen molar-refractivity contribution in [1.82, 2.24) is 28.0 Å². The molecular weight excluding hydrogens is 428 g/mol. The SMILES string of the molecule is Cc1c(Cl)cccc1-n1c(C)cn2c3c(=O)n(CCN4CCCCC4)c(=O)n(C)c3nc12. The Morgan fingerprint density at radius 3 is 2.56 bits per heavy atom. The first-order valence-corrected chi connectivity index (χ1v) is 11.4. The number of fused-ring (bicyclic) bond motifs is 3. The zero-order valence-electron chi connectivity index (χ0n) is 18.6. The van der Waals surface area contributed by atoms with E-state index in [1.807, 2.05) is 42.8 Å². The maximum atomic E-state index is 13.5. The van der Waals surface area contributed by atoms with Crippen molar-refractivity contribution >= 4 is 28.5 Å². The third kappa shape index (κ3) is 3.20. The van der Waals surface area contributed by atoms with Crippen LogP contribution in [-0.2, 0) is 13.6 Å². The monoisotopic (exact) mass is 454 g/mol. The van der Waals surface area contributed by atoms with Gasteiger partial charge in [-0.15, -0.1) is 0 Å². The Balaban J connectivity index is 1.69. The molecule has 3 aromatic heterocycles. The van der Waals surface area contributed by atoms with E-state index in [2.05, 4.69) is 4.90 Å². The van der Waals surface area contributed by atoms with Gasteiger partial charge >= 0.3 is 5.69 Å². The van der Waals surface area contributed by atoms with E-state index >= 15 is 0 Å². The van der Waals surface area contributed by atoms with E-state index in [1.165, 1.54) is 28.4 Å². The molecule has 0 unspecified atom stereocenters. The molecule has 4 aromatic rings. The van der Waals surface area contributed by atoms with Crippen LogP contribution in [-0.4, -0.2) is 47.6 Å². The molecule has 1 aromatic carbocycles. The minimum Gasteiger partial charge on any atom is -0.302 e. The highest BCUT2D eigenvalue weighted by atomic mass is 35.5. The van der Waals surface area contributed by atoms with Crippen LogP contribution in [0, 0.1) is 13.8 Å². The average Bonchev–Trinajstić information content (AvgIpc) is 3.30. The van der Waals surface area contributed by atoms with Crippen molar-refractivity contribution in [1.29, 1.82) is 0 Å². The molecule has 4 heterocycles. The number of likely N-dealkylation sites (tertiary alicyclic amines) is 1. The summed E-state index contributed by atoms with van der Waals surface area (Å²) in [6.07, 6.45) is 5.49. The average molecular weight is 455 g/mol. The number of hydrogen-bond acceptors (Lipinski definition) is 4. The fraction of sp³-hybridized carbons (Fsp3) is 0.435. The Labute approximate surface area is 190 Å². The summed E-state index contributed by atoms with van der Waals surface area (Å²) >= 11 is 6.36. The Morgan fingerprint density at radius 1 is 1.06 bits per heavy atom. The number of rotatable bonds is 4. The molecule has 0 spiro atoms. The number of nitrogens with zero attached hydrogens (tertiary/aromatic N) is 6. The van der Waals surface area contributed by atoms with E-state index < -0.39 is 0 Å². The van der Waals surface area contributed by atoms with Gasteiger partial charge in [-0.1, -0.05) is 24.1 Å². The van der Waals surface area contributed by atoms with Crippen LogP contribution in [0.4, 0.5) is 0 Å². The smallest absolute Gasteiger partial charge is 0.302 e. The molecule has 1 aliphatic heterocycles. The fourth-order valence-electron chi connectivity index (χ4n) is 4.77. The van der Waals surface area contributed by atoms with Crippen LogP contribution in [0.1, 0.15) is 30.5 Å². The Kier molecular flexibility index (Phi) is 5.22. The van der Waals surface area contributed by atoms with Crippen molar-refractivity contribution in [2.75, 3.05) is 19.6 Å². The van der Waals surface area contributed by atoms with Gasteiger partial charge in [0.25, 0.3) is 5.56 Å². The van der Waals surface area contributed by atoms with Crippen molar-refractivity contribution in [3.05, 3.63) is 61.5 Å². The number of hydrogen-bond donors (Lipinski definition) is 0. The molecule has 0 saturated carbocycles. The summed E-state index contributed by atoms with van der Waals surface area (Å²) in [5, 5.41) is 0.664. The summed E-state index contributed by atoms with van der Waals surface area (Å²) in [5.41, 5.74) is 2.92. The second-order valence-corrected chi connectivity index (χ2v) is 9.05. The lowest BCUT2D eigenvalue weighted by Gasteiger charge is -2.26. The lowest BCUT2D eigenvalue weighted by molar-refractivity contribution is 0.218. The number of imidazole rings is 2. The summed E-state index contributed by atoms with van der Waals surface area (Å²) < 4.78 is 6.60. The van der Waals surface area contributed by atoms with E-state index in [9.17, 15) is 9.59 Å². The minimum absolute atomic E-state index is 0.299. The molecule has 0 radical (unpaired) electrons. The van der Waals surface area contributed by atoms with Gasteiger partial charge in [0.15, 0.2) is 11.2 Å². The Bertz CT molecular complexity index is 1450. The zero-order valence-corrected chi connectivity index (χ0v) is 19.4. The first kappa shape index (κ1) is 21.0. The predicted molar refractivity (Wildman–Crippen MR) is 126 cm³/mol. The van der Waals surface area contributed by atoms with Gasteiger partial charge in [0.05, 0.1) is 5.69 Å². The number of aryl methyl sites for hydroxylation is 2. The van der Waals surface area contributed by atoms with Crippen LogP contribution in [0.25, 0.3) is 22.6 Å². The molecule has 168 valence electrons. The number of benzene rings is 1. The number of aromatic nitrogens is 5. The first-order valence-electron chi connectivity index (χ1n) is 11.1. The van der Waals surface area contributed by atoms with Crippen LogP contribution in [0.2, 0.25) is 5.02 Å². The highest BCUT2D eigenvalue weighted by Crippen LogP contribution is 2.27. The van der Waals surface area contributed by atoms with Crippen LogP contribution in [0.3, 0.4) is 0 Å². The molecule has 5 rings (SSSR count). The first-order chi connectivity index (χ1) is 15.4. The van der Waals surface area contributed by atoms with Gasteiger partial charge in [-0.2, -0.15) is 4.98 Å². The summed E-state index contributed by atoms with van der Waals surface area (Å²) in [5.74, 6) is 0.587. The fourth-order valence-corrected chi connectivity index (χ4v) is 4.94. The maximum Gasteiger partial charge on any atom is 0.332 e. The van der Waals surface area contributed by atoms with E-state index in [4.69, 9.17) is 16.6 Å². The van der Waals surface area contributed by atoms with Crippen molar-refractivity contribution in [2.45, 2.75) is 39.7 Å². The van der Waals surface area contributed by atoms with E-state index in [0.717, 1.165) is 30.0 Å². The van der Waals surface area contributed by atoms with Gasteiger partial charge in [0, 0.05) is 37.1 Å². The van der Waals surface area contributed by atoms with Crippen LogP contribution < -0.4 is 11.2 Å². The van der Waals surface area contributed by atoms with E-state index in [0.29, 0.717) is 35.1 Å². The van der Waals surface area contributed by atoms with Gasteiger partial charge in [-0.05, 0) is 57.5 Å². The van der Waals surface area contributed by atoms with E-state index in [-0.39, 0.29) is 11.2 Å². The largest absolute Gasteiger partial charge is 0.332 e. The van der Waals surface area contributed by atoms with Crippen LogP contribution in [0.15, 0.2) is 34.0 Å². The molecule has 8 nitrogen and oxygen atoms in total. The van der Waals surface area contributed by atoms with Crippen molar-refractivity contribution in [3.8, 4) is 5.69 Å². The third-order valence-corrected chi connectivity index (χ3v) is 7.00. The lowest BCUT2D eigenvalue weighted by atomic mass is 10.1. The predicted octanol–water partition coefficient (Wildman–Crippen LogP) is 2.89. The van der Waals surface area contributed by atoms with E-state index in [1.54, 1.807) is 11.4 Å². The summed E-state index contributed by atoms with van der Waals surface area (Å²) in [6.45, 7) is 7.05. The molecule has 0 bridgehead atoms. The van der Waals surface area contributed by atoms with Gasteiger partial charge < -0.3 is 4.90 Å². The van der Waals surface area contributed by atoms with Gasteiger partial charge in [0.2, 0.25) is 5.78 Å². The van der Waals surface area contributed by atoms with Crippen molar-refractivity contribution in [3.63, 3.8) is 0 Å². The minimum atomic E-state index is -0.331. The molecular formula is C23H27ClN6O2. The second-order valence-electron chi connectivity index (χ2n) is 8.64. The molecule has 1 aliphatic rings. The molecule has 9 heteroatoms. The maximum absolute atomic E-state index is 13.5. The molecule has 0 aliphatic carbocycles. The quantitative estimate of drug-likeness (QED) is 0.475. The molecule has 1 fully saturated rings. The highest BCUT2D eigenvalue weighted by Gasteiger charge is 2.22. The number of halogens is 1. The summed E-state index contributed by atoms with van der Waals surface area (Å²) in [6, 6.07) is 5.72. The molecule has 0 atom stereocenters. The standard InChI is InChI=1S/C23H27ClN6O2/c1-15-14-29-19-20(25-22(29)30(15)18-9-7-8-17(24)16(18)2)26(3)23(32)28(21(19)31)13-12-27-10-5-4-6-11-27/h7-9,14H,4-6,10-13H2,1-3H3. The molecule has 0 amide bonds. The van der Waals surface area contributed by atoms with Crippen LogP contribution >= 0.6 is 11.6 Å². The zero-order chi connectivity index (χ0) is 22.6. The van der Waals surface area contributed by atoms with Gasteiger partial charge in [-0.3, -0.25) is 22.9 Å². The van der Waals surface area contributed by atoms with Crippen molar-refractivity contribution < 1.29 is 0 Å². The summed E-state index contributed by atoms with van der Waals surface area (Å²) in [7, 11) is 1.68. The Hall–Kier alpha value is -2.84. The van der Waals surface area contributed by atoms with Crippen molar-refractivity contribution in [2.24, 2.45) is 7.05 Å². The molecule has 1 saturated heterocycles. The normalized spacial score (nSPS) is 15.2. The second kappa shape index (κ2) is 7.94. The molecule has 0 N–H and O–H groups in total. The highest BCUT2D eigenvalue weighted by molar-refractivity contribution is 6.31. The van der Waals surface area contributed by atoms with Crippen LogP contribution in [0.5, 0.6) is 0 Å². The van der Waals surface area contributed by atoms with Gasteiger partial charge in [0.1, 0.15) is 0 Å². The number of piperidine rings is 1. The topological polar surface area (TPSA) is 69.5 Å². The molecule has 32 heavy (non-hydrogen) atoms. The third-order valence-electron chi connectivity index (χ3n) is 6.59. The summed E-state index contributed by atoms with van der Waals surface area (Å²) in [4.78, 5) is 33.5. The van der Waals surface area contributed by atoms with Gasteiger partial charge in [-0.25, -0.2) is 4.79 Å². The lowest BCUT2D eigenvalue weighted by Crippen LogP contribution is -2.43. The Morgan fingerprint density at radius 2 is 1.81 bits per heavy atom.